The summed E-state index contributed by atoms with van der Waals surface area (Å²) in [6.45, 7) is 0. The maximum atomic E-state index is 5.70. The van der Waals surface area contributed by atoms with Crippen molar-refractivity contribution in [3.05, 3.63) is 30.4 Å². The van der Waals surface area contributed by atoms with Crippen LogP contribution in [0.1, 0.15) is 5.82 Å². The molecule has 2 aromatic rings. The average molecular weight is 250 g/mol. The van der Waals surface area contributed by atoms with Crippen LogP contribution in [0.3, 0.4) is 0 Å². The summed E-state index contributed by atoms with van der Waals surface area (Å²) in [6, 6.07) is 5.63. The first-order valence-electron chi connectivity index (χ1n) is 5.10. The van der Waals surface area contributed by atoms with Crippen LogP contribution in [-0.2, 0) is 12.8 Å². The Bertz CT molecular complexity index is 512. The standard InChI is InChI=1S/C11H14N4OS/c1-15-11(13-7-14-15)6-17-10-4-3-8(12)5-9(10)16-2/h3-5,7H,6,12H2,1-2H3. The molecule has 0 atom stereocenters. The van der Waals surface area contributed by atoms with Gasteiger partial charge in [-0.3, -0.25) is 4.68 Å². The molecule has 0 saturated heterocycles. The molecule has 1 heterocycles. The van der Waals surface area contributed by atoms with Gasteiger partial charge in [0.2, 0.25) is 0 Å². The van der Waals surface area contributed by atoms with Crippen molar-refractivity contribution in [2.75, 3.05) is 12.8 Å². The number of nitrogens with two attached hydrogens (primary N) is 1. The van der Waals surface area contributed by atoms with E-state index in [1.54, 1.807) is 29.9 Å². The van der Waals surface area contributed by atoms with Gasteiger partial charge in [0.1, 0.15) is 17.9 Å². The maximum absolute atomic E-state index is 5.70. The van der Waals surface area contributed by atoms with Crippen molar-refractivity contribution in [3.8, 4) is 5.75 Å². The number of ether oxygens (including phenoxy) is 1. The van der Waals surface area contributed by atoms with Crippen molar-refractivity contribution < 1.29 is 4.74 Å². The second-order valence-electron chi connectivity index (χ2n) is 3.50. The Morgan fingerprint density at radius 3 is 2.94 bits per heavy atom. The van der Waals surface area contributed by atoms with Gasteiger partial charge in [-0.05, 0) is 12.1 Å². The van der Waals surface area contributed by atoms with E-state index >= 15 is 0 Å². The quantitative estimate of drug-likeness (QED) is 0.661. The van der Waals surface area contributed by atoms with E-state index in [1.165, 1.54) is 0 Å². The normalized spacial score (nSPS) is 10.5. The van der Waals surface area contributed by atoms with Gasteiger partial charge in [0.05, 0.1) is 12.9 Å². The molecule has 0 aliphatic heterocycles. The lowest BCUT2D eigenvalue weighted by Gasteiger charge is -2.08. The summed E-state index contributed by atoms with van der Waals surface area (Å²) in [5.74, 6) is 2.46. The van der Waals surface area contributed by atoms with Crippen LogP contribution in [0, 0.1) is 0 Å². The molecule has 1 aromatic heterocycles. The largest absolute Gasteiger partial charge is 0.496 e. The van der Waals surface area contributed by atoms with Crippen molar-refractivity contribution in [1.82, 2.24) is 14.8 Å². The molecule has 6 heteroatoms. The van der Waals surface area contributed by atoms with Crippen LogP contribution in [0.25, 0.3) is 0 Å². The summed E-state index contributed by atoms with van der Waals surface area (Å²) in [7, 11) is 3.52. The van der Waals surface area contributed by atoms with Gasteiger partial charge in [-0.15, -0.1) is 11.8 Å². The number of hydrogen-bond acceptors (Lipinski definition) is 5. The number of methoxy groups -OCH3 is 1. The number of nitrogen functional groups attached to an aromatic ring is 1. The van der Waals surface area contributed by atoms with Crippen molar-refractivity contribution in [2.45, 2.75) is 10.6 Å². The fourth-order valence-corrected chi connectivity index (χ4v) is 2.39. The lowest BCUT2D eigenvalue weighted by atomic mass is 10.3. The number of aryl methyl sites for hydroxylation is 1. The van der Waals surface area contributed by atoms with E-state index in [4.69, 9.17) is 10.5 Å². The topological polar surface area (TPSA) is 66.0 Å². The monoisotopic (exact) mass is 250 g/mol. The molecule has 0 radical (unpaired) electrons. The molecule has 5 nitrogen and oxygen atoms in total. The minimum atomic E-state index is 0.699. The Balaban J connectivity index is 2.11. The Kier molecular flexibility index (Phi) is 3.53. The van der Waals surface area contributed by atoms with E-state index in [1.807, 2.05) is 25.2 Å². The Hall–Kier alpha value is -1.69. The molecule has 0 aliphatic rings. The summed E-state index contributed by atoms with van der Waals surface area (Å²) in [4.78, 5) is 5.22. The molecular weight excluding hydrogens is 236 g/mol. The zero-order valence-electron chi connectivity index (χ0n) is 9.75. The Labute approximate surface area is 104 Å². The third-order valence-electron chi connectivity index (χ3n) is 2.35. The van der Waals surface area contributed by atoms with Crippen molar-refractivity contribution in [1.29, 1.82) is 0 Å². The molecule has 0 unspecified atom stereocenters. The molecule has 0 spiro atoms. The second kappa shape index (κ2) is 5.09. The zero-order valence-corrected chi connectivity index (χ0v) is 10.6. The SMILES string of the molecule is COc1cc(N)ccc1SCc1ncnn1C. The van der Waals surface area contributed by atoms with E-state index < -0.39 is 0 Å². The van der Waals surface area contributed by atoms with E-state index in [0.29, 0.717) is 5.69 Å². The van der Waals surface area contributed by atoms with Crippen LogP contribution < -0.4 is 10.5 Å². The molecule has 0 amide bonds. The number of rotatable bonds is 4. The van der Waals surface area contributed by atoms with Crippen molar-refractivity contribution in [3.63, 3.8) is 0 Å². The van der Waals surface area contributed by atoms with E-state index in [2.05, 4.69) is 10.1 Å². The first-order valence-corrected chi connectivity index (χ1v) is 6.08. The highest BCUT2D eigenvalue weighted by atomic mass is 32.2. The van der Waals surface area contributed by atoms with Crippen LogP contribution >= 0.6 is 11.8 Å². The molecule has 0 saturated carbocycles. The Morgan fingerprint density at radius 1 is 1.47 bits per heavy atom. The minimum absolute atomic E-state index is 0.699. The molecule has 2 rings (SSSR count). The molecule has 0 bridgehead atoms. The van der Waals surface area contributed by atoms with E-state index in [9.17, 15) is 0 Å². The van der Waals surface area contributed by atoms with Crippen LogP contribution in [0.2, 0.25) is 0 Å². The van der Waals surface area contributed by atoms with Crippen LogP contribution in [-0.4, -0.2) is 21.9 Å². The summed E-state index contributed by atoms with van der Waals surface area (Å²) in [5.41, 5.74) is 6.40. The number of anilines is 1. The first-order chi connectivity index (χ1) is 8.20. The van der Waals surface area contributed by atoms with Gasteiger partial charge < -0.3 is 10.5 Å². The summed E-state index contributed by atoms with van der Waals surface area (Å²) < 4.78 is 7.04. The third kappa shape index (κ3) is 2.71. The fourth-order valence-electron chi connectivity index (χ4n) is 1.40. The highest BCUT2D eigenvalue weighted by Gasteiger charge is 2.07. The molecule has 0 aliphatic carbocycles. The number of benzene rings is 1. The van der Waals surface area contributed by atoms with Crippen molar-refractivity contribution in [2.24, 2.45) is 7.05 Å². The van der Waals surface area contributed by atoms with Gasteiger partial charge >= 0.3 is 0 Å². The minimum Gasteiger partial charge on any atom is -0.496 e. The zero-order chi connectivity index (χ0) is 12.3. The highest BCUT2D eigenvalue weighted by molar-refractivity contribution is 7.98. The molecule has 90 valence electrons. The number of thioether (sulfide) groups is 1. The lowest BCUT2D eigenvalue weighted by Crippen LogP contribution is -1.97. The number of hydrogen-bond donors (Lipinski definition) is 1. The summed E-state index contributed by atoms with van der Waals surface area (Å²) >= 11 is 1.65. The third-order valence-corrected chi connectivity index (χ3v) is 3.40. The smallest absolute Gasteiger partial charge is 0.138 e. The average Bonchev–Trinajstić information content (AvgIpc) is 2.73. The first kappa shape index (κ1) is 11.8. The molecule has 2 N–H and O–H groups in total. The number of nitrogens with zero attached hydrogens (tertiary/aromatic N) is 3. The van der Waals surface area contributed by atoms with Crippen LogP contribution in [0.5, 0.6) is 5.75 Å². The van der Waals surface area contributed by atoms with Gasteiger partial charge in [-0.2, -0.15) is 5.10 Å². The van der Waals surface area contributed by atoms with Gasteiger partial charge in [0.25, 0.3) is 0 Å². The second-order valence-corrected chi connectivity index (χ2v) is 4.52. The molecule has 0 fully saturated rings. The predicted octanol–water partition coefficient (Wildman–Crippen LogP) is 1.70. The van der Waals surface area contributed by atoms with Gasteiger partial charge in [-0.25, -0.2) is 4.98 Å². The molecular formula is C11H14N4OS. The van der Waals surface area contributed by atoms with Crippen molar-refractivity contribution >= 4 is 17.4 Å². The predicted molar refractivity (Wildman–Crippen MR) is 68.0 cm³/mol. The molecule has 1 aromatic carbocycles. The fraction of sp³-hybridized carbons (Fsp3) is 0.273. The summed E-state index contributed by atoms with van der Waals surface area (Å²) in [6.07, 6.45) is 1.55. The van der Waals surface area contributed by atoms with Gasteiger partial charge in [0, 0.05) is 23.7 Å². The Morgan fingerprint density at radius 2 is 2.29 bits per heavy atom. The van der Waals surface area contributed by atoms with E-state index in [0.717, 1.165) is 22.2 Å². The van der Waals surface area contributed by atoms with Crippen LogP contribution in [0.15, 0.2) is 29.4 Å². The van der Waals surface area contributed by atoms with E-state index in [-0.39, 0.29) is 0 Å². The number of aromatic nitrogens is 3. The lowest BCUT2D eigenvalue weighted by molar-refractivity contribution is 0.405. The highest BCUT2D eigenvalue weighted by Crippen LogP contribution is 2.32. The van der Waals surface area contributed by atoms with Gasteiger partial charge in [-0.1, -0.05) is 0 Å². The molecule has 17 heavy (non-hydrogen) atoms. The van der Waals surface area contributed by atoms with Crippen LogP contribution in [0.4, 0.5) is 5.69 Å². The van der Waals surface area contributed by atoms with Gasteiger partial charge in [0.15, 0.2) is 0 Å². The maximum Gasteiger partial charge on any atom is 0.138 e. The summed E-state index contributed by atoms with van der Waals surface area (Å²) in [5, 5.41) is 4.03.